The maximum atomic E-state index is 12.7. The highest BCUT2D eigenvalue weighted by Crippen LogP contribution is 2.37. The zero-order valence-electron chi connectivity index (χ0n) is 13.5. The van der Waals surface area contributed by atoms with Crippen LogP contribution in [0.4, 0.5) is 4.79 Å². The highest BCUT2D eigenvalue weighted by Gasteiger charge is 2.47. The molecule has 0 aromatic heterocycles. The van der Waals surface area contributed by atoms with Gasteiger partial charge in [0.05, 0.1) is 5.41 Å². The normalized spacial score (nSPS) is 29.4. The molecular weight excluding hydrogens is 268 g/mol. The Morgan fingerprint density at radius 3 is 2.62 bits per heavy atom. The van der Waals surface area contributed by atoms with Crippen molar-refractivity contribution in [2.75, 3.05) is 19.6 Å². The van der Waals surface area contributed by atoms with Gasteiger partial charge in [-0.2, -0.15) is 0 Å². The van der Waals surface area contributed by atoms with Crippen molar-refractivity contribution in [2.45, 2.75) is 58.9 Å². The highest BCUT2D eigenvalue weighted by atomic mass is 16.4. The fourth-order valence-corrected chi connectivity index (χ4v) is 3.90. The quantitative estimate of drug-likeness (QED) is 0.867. The lowest BCUT2D eigenvalue weighted by Crippen LogP contribution is -2.47. The first-order chi connectivity index (χ1) is 9.91. The van der Waals surface area contributed by atoms with Crippen molar-refractivity contribution in [3.63, 3.8) is 0 Å². The molecule has 0 aromatic carbocycles. The second-order valence-electron chi connectivity index (χ2n) is 6.94. The van der Waals surface area contributed by atoms with Crippen LogP contribution in [0.15, 0.2) is 0 Å². The van der Waals surface area contributed by atoms with Gasteiger partial charge in [-0.05, 0) is 31.6 Å². The van der Waals surface area contributed by atoms with Gasteiger partial charge in [0.2, 0.25) is 0 Å². The van der Waals surface area contributed by atoms with E-state index in [1.807, 2.05) is 11.8 Å². The Bertz CT molecular complexity index is 410. The number of carbonyl (C=O) groups is 2. The van der Waals surface area contributed by atoms with Crippen molar-refractivity contribution in [2.24, 2.45) is 11.3 Å². The molecule has 120 valence electrons. The predicted octanol–water partition coefficient (Wildman–Crippen LogP) is 2.80. The summed E-state index contributed by atoms with van der Waals surface area (Å²) in [6.45, 7) is 8.07. The molecule has 0 aromatic rings. The number of hydrogen-bond acceptors (Lipinski definition) is 2. The zero-order valence-corrected chi connectivity index (χ0v) is 13.5. The Morgan fingerprint density at radius 2 is 2.05 bits per heavy atom. The van der Waals surface area contributed by atoms with Crippen LogP contribution in [0.5, 0.6) is 0 Å². The number of likely N-dealkylation sites (tertiary alicyclic amines) is 2. The SMILES string of the molecule is CCCC1(C(=O)O)CCN(C(=O)N2CCCC2C(C)C)C1. The maximum absolute atomic E-state index is 12.7. The second kappa shape index (κ2) is 6.24. The third-order valence-corrected chi connectivity index (χ3v) is 5.12. The predicted molar refractivity (Wildman–Crippen MR) is 81.1 cm³/mol. The molecule has 2 aliphatic rings. The lowest BCUT2D eigenvalue weighted by atomic mass is 9.83. The highest BCUT2D eigenvalue weighted by molar-refractivity contribution is 5.80. The molecule has 5 nitrogen and oxygen atoms in total. The van der Waals surface area contributed by atoms with Crippen molar-refractivity contribution in [3.05, 3.63) is 0 Å². The van der Waals surface area contributed by atoms with E-state index in [4.69, 9.17) is 0 Å². The Morgan fingerprint density at radius 1 is 1.33 bits per heavy atom. The third-order valence-electron chi connectivity index (χ3n) is 5.12. The minimum absolute atomic E-state index is 0.0467. The number of nitrogens with zero attached hydrogens (tertiary/aromatic N) is 2. The fourth-order valence-electron chi connectivity index (χ4n) is 3.90. The second-order valence-corrected chi connectivity index (χ2v) is 6.94. The summed E-state index contributed by atoms with van der Waals surface area (Å²) in [7, 11) is 0. The smallest absolute Gasteiger partial charge is 0.320 e. The summed E-state index contributed by atoms with van der Waals surface area (Å²) in [6, 6.07) is 0.355. The topological polar surface area (TPSA) is 60.9 Å². The molecule has 0 spiro atoms. The van der Waals surface area contributed by atoms with Crippen LogP contribution in [0.25, 0.3) is 0 Å². The van der Waals surface area contributed by atoms with E-state index in [0.29, 0.717) is 37.9 Å². The summed E-state index contributed by atoms with van der Waals surface area (Å²) in [6.07, 6.45) is 4.20. The summed E-state index contributed by atoms with van der Waals surface area (Å²) in [4.78, 5) is 28.1. The number of carbonyl (C=O) groups excluding carboxylic acids is 1. The third kappa shape index (κ3) is 3.01. The van der Waals surface area contributed by atoms with E-state index in [-0.39, 0.29) is 6.03 Å². The van der Waals surface area contributed by atoms with Crippen molar-refractivity contribution < 1.29 is 14.7 Å². The molecule has 2 amide bonds. The van der Waals surface area contributed by atoms with Gasteiger partial charge in [0.15, 0.2) is 0 Å². The number of amides is 2. The van der Waals surface area contributed by atoms with E-state index < -0.39 is 11.4 Å². The number of carboxylic acids is 1. The van der Waals surface area contributed by atoms with Gasteiger partial charge in [-0.15, -0.1) is 0 Å². The molecule has 21 heavy (non-hydrogen) atoms. The first kappa shape index (κ1) is 16.1. The molecule has 5 heteroatoms. The van der Waals surface area contributed by atoms with E-state index in [9.17, 15) is 14.7 Å². The molecule has 2 fully saturated rings. The molecule has 2 unspecified atom stereocenters. The molecule has 0 radical (unpaired) electrons. The van der Waals surface area contributed by atoms with Crippen molar-refractivity contribution >= 4 is 12.0 Å². The molecule has 0 saturated carbocycles. The van der Waals surface area contributed by atoms with Gasteiger partial charge >= 0.3 is 12.0 Å². The van der Waals surface area contributed by atoms with E-state index in [1.165, 1.54) is 0 Å². The number of rotatable bonds is 4. The summed E-state index contributed by atoms with van der Waals surface area (Å²) in [5.74, 6) is -0.291. The number of aliphatic carboxylic acids is 1. The van der Waals surface area contributed by atoms with Gasteiger partial charge in [0.25, 0.3) is 0 Å². The molecule has 2 saturated heterocycles. The molecule has 2 rings (SSSR count). The average molecular weight is 296 g/mol. The number of carboxylic acid groups (broad SMARTS) is 1. The van der Waals surface area contributed by atoms with E-state index in [1.54, 1.807) is 4.90 Å². The fraction of sp³-hybridized carbons (Fsp3) is 0.875. The standard InChI is InChI=1S/C16H28N2O3/c1-4-7-16(14(19)20)8-10-17(11-16)15(21)18-9-5-6-13(18)12(2)3/h12-13H,4-11H2,1-3H3,(H,19,20). The van der Waals surface area contributed by atoms with E-state index in [2.05, 4.69) is 13.8 Å². The Kier molecular flexibility index (Phi) is 4.79. The zero-order chi connectivity index (χ0) is 15.6. The van der Waals surface area contributed by atoms with Crippen LogP contribution in [-0.4, -0.2) is 52.6 Å². The summed E-state index contributed by atoms with van der Waals surface area (Å²) >= 11 is 0. The minimum atomic E-state index is -0.749. The van der Waals surface area contributed by atoms with Crippen molar-refractivity contribution in [3.8, 4) is 0 Å². The van der Waals surface area contributed by atoms with Gasteiger partial charge < -0.3 is 14.9 Å². The van der Waals surface area contributed by atoms with Crippen LogP contribution in [0.2, 0.25) is 0 Å². The molecule has 0 aliphatic carbocycles. The molecule has 2 atom stereocenters. The molecule has 2 heterocycles. The Labute approximate surface area is 127 Å². The minimum Gasteiger partial charge on any atom is -0.481 e. The summed E-state index contributed by atoms with van der Waals surface area (Å²) < 4.78 is 0. The first-order valence-corrected chi connectivity index (χ1v) is 8.20. The Hall–Kier alpha value is -1.26. The lowest BCUT2D eigenvalue weighted by molar-refractivity contribution is -0.148. The largest absolute Gasteiger partial charge is 0.481 e. The van der Waals surface area contributed by atoms with Crippen LogP contribution >= 0.6 is 0 Å². The number of urea groups is 1. The maximum Gasteiger partial charge on any atom is 0.320 e. The van der Waals surface area contributed by atoms with Crippen LogP contribution in [0.1, 0.15) is 52.9 Å². The Balaban J connectivity index is 2.06. The van der Waals surface area contributed by atoms with Crippen LogP contribution in [0.3, 0.4) is 0 Å². The molecular formula is C16H28N2O3. The average Bonchev–Trinajstić information content (AvgIpc) is 3.05. The van der Waals surface area contributed by atoms with Crippen molar-refractivity contribution in [1.82, 2.24) is 9.80 Å². The van der Waals surface area contributed by atoms with Crippen LogP contribution in [0, 0.1) is 11.3 Å². The van der Waals surface area contributed by atoms with Crippen LogP contribution < -0.4 is 0 Å². The monoisotopic (exact) mass is 296 g/mol. The lowest BCUT2D eigenvalue weighted by Gasteiger charge is -2.32. The molecule has 1 N–H and O–H groups in total. The van der Waals surface area contributed by atoms with Crippen molar-refractivity contribution in [1.29, 1.82) is 0 Å². The first-order valence-electron chi connectivity index (χ1n) is 8.20. The summed E-state index contributed by atoms with van der Waals surface area (Å²) in [5, 5.41) is 9.55. The van der Waals surface area contributed by atoms with Gasteiger partial charge in [0, 0.05) is 25.7 Å². The van der Waals surface area contributed by atoms with Gasteiger partial charge in [0.1, 0.15) is 0 Å². The summed E-state index contributed by atoms with van der Waals surface area (Å²) in [5.41, 5.74) is -0.725. The molecule has 2 aliphatic heterocycles. The van der Waals surface area contributed by atoms with Gasteiger partial charge in [-0.3, -0.25) is 4.79 Å². The van der Waals surface area contributed by atoms with Gasteiger partial charge in [-0.1, -0.05) is 27.2 Å². The number of hydrogen-bond donors (Lipinski definition) is 1. The van der Waals surface area contributed by atoms with E-state index >= 15 is 0 Å². The van der Waals surface area contributed by atoms with Crippen LogP contribution in [-0.2, 0) is 4.79 Å². The van der Waals surface area contributed by atoms with Gasteiger partial charge in [-0.25, -0.2) is 4.79 Å². The molecule has 0 bridgehead atoms. The van der Waals surface area contributed by atoms with E-state index in [0.717, 1.165) is 25.8 Å².